The smallest absolute Gasteiger partial charge is 0.0157 e. The third-order valence-electron chi connectivity index (χ3n) is 4.74. The largest absolute Gasteiger partial charge is 0.0991 e. The van der Waals surface area contributed by atoms with Gasteiger partial charge in [0.15, 0.2) is 0 Å². The van der Waals surface area contributed by atoms with Crippen LogP contribution < -0.4 is 0 Å². The molecule has 17 heavy (non-hydrogen) atoms. The number of allylic oxidation sites excluding steroid dienone is 5. The van der Waals surface area contributed by atoms with Gasteiger partial charge in [0.25, 0.3) is 0 Å². The second-order valence-electron chi connectivity index (χ2n) is 5.90. The summed E-state index contributed by atoms with van der Waals surface area (Å²) >= 11 is 0. The fraction of sp³-hybridized carbons (Fsp3) is 0.647. The number of rotatable bonds is 3. The minimum absolute atomic E-state index is 0.713. The van der Waals surface area contributed by atoms with Crippen molar-refractivity contribution < 1.29 is 0 Å². The lowest BCUT2D eigenvalue weighted by Crippen LogP contribution is -2.26. The van der Waals surface area contributed by atoms with Crippen LogP contribution in [0.2, 0.25) is 0 Å². The van der Waals surface area contributed by atoms with E-state index in [0.29, 0.717) is 5.41 Å². The maximum atomic E-state index is 3.86. The van der Waals surface area contributed by atoms with Gasteiger partial charge in [-0.15, -0.1) is 0 Å². The second-order valence-corrected chi connectivity index (χ2v) is 5.90. The SMILES string of the molecule is C=C/C=C(\C=C/C)C1CCCC2(CCCC2)C1. The molecule has 0 heterocycles. The molecule has 0 aliphatic heterocycles. The molecule has 0 saturated heterocycles. The van der Waals surface area contributed by atoms with Crippen LogP contribution in [0, 0.1) is 11.3 Å². The predicted molar refractivity (Wildman–Crippen MR) is 76.0 cm³/mol. The van der Waals surface area contributed by atoms with E-state index in [0.717, 1.165) is 5.92 Å². The van der Waals surface area contributed by atoms with E-state index in [1.54, 1.807) is 0 Å². The van der Waals surface area contributed by atoms with Gasteiger partial charge >= 0.3 is 0 Å². The van der Waals surface area contributed by atoms with Crippen molar-refractivity contribution in [2.45, 2.75) is 58.3 Å². The van der Waals surface area contributed by atoms with Gasteiger partial charge in [0.2, 0.25) is 0 Å². The zero-order chi connectivity index (χ0) is 12.1. The van der Waals surface area contributed by atoms with Gasteiger partial charge in [-0.25, -0.2) is 0 Å². The van der Waals surface area contributed by atoms with E-state index in [1.807, 2.05) is 6.08 Å². The number of hydrogen-bond acceptors (Lipinski definition) is 0. The molecule has 94 valence electrons. The third-order valence-corrected chi connectivity index (χ3v) is 4.74. The van der Waals surface area contributed by atoms with Crippen molar-refractivity contribution in [1.29, 1.82) is 0 Å². The molecule has 0 radical (unpaired) electrons. The Bertz CT molecular complexity index is 313. The van der Waals surface area contributed by atoms with Crippen molar-refractivity contribution in [2.75, 3.05) is 0 Å². The first kappa shape index (κ1) is 12.7. The lowest BCUT2D eigenvalue weighted by Gasteiger charge is -2.38. The average molecular weight is 230 g/mol. The van der Waals surface area contributed by atoms with Gasteiger partial charge in [-0.2, -0.15) is 0 Å². The Balaban J connectivity index is 2.10. The molecule has 0 bridgehead atoms. The molecule has 0 heteroatoms. The van der Waals surface area contributed by atoms with Crippen LogP contribution in [0.5, 0.6) is 0 Å². The molecule has 0 nitrogen and oxygen atoms in total. The van der Waals surface area contributed by atoms with Gasteiger partial charge in [-0.1, -0.05) is 50.1 Å². The molecule has 2 aliphatic rings. The van der Waals surface area contributed by atoms with E-state index < -0.39 is 0 Å². The molecule has 2 rings (SSSR count). The van der Waals surface area contributed by atoms with E-state index in [-0.39, 0.29) is 0 Å². The van der Waals surface area contributed by atoms with Crippen LogP contribution in [0.15, 0.2) is 36.5 Å². The minimum Gasteiger partial charge on any atom is -0.0991 e. The van der Waals surface area contributed by atoms with Gasteiger partial charge < -0.3 is 0 Å². The van der Waals surface area contributed by atoms with Gasteiger partial charge in [0, 0.05) is 0 Å². The molecule has 1 unspecified atom stereocenters. The van der Waals surface area contributed by atoms with Crippen LogP contribution >= 0.6 is 0 Å². The average Bonchev–Trinajstić information content (AvgIpc) is 2.77. The number of hydrogen-bond donors (Lipinski definition) is 0. The summed E-state index contributed by atoms with van der Waals surface area (Å²) < 4.78 is 0. The van der Waals surface area contributed by atoms with Crippen LogP contribution in [0.25, 0.3) is 0 Å². The van der Waals surface area contributed by atoms with Crippen LogP contribution in [-0.2, 0) is 0 Å². The topological polar surface area (TPSA) is 0 Å². The first-order valence-electron chi connectivity index (χ1n) is 7.25. The molecule has 1 spiro atoms. The quantitative estimate of drug-likeness (QED) is 0.567. The van der Waals surface area contributed by atoms with Gasteiger partial charge in [0.1, 0.15) is 0 Å². The highest BCUT2D eigenvalue weighted by Gasteiger charge is 2.38. The highest BCUT2D eigenvalue weighted by molar-refractivity contribution is 5.26. The van der Waals surface area contributed by atoms with Crippen LogP contribution in [0.4, 0.5) is 0 Å². The van der Waals surface area contributed by atoms with E-state index in [1.165, 1.54) is 56.9 Å². The van der Waals surface area contributed by atoms with Crippen molar-refractivity contribution in [1.82, 2.24) is 0 Å². The lowest BCUT2D eigenvalue weighted by molar-refractivity contribution is 0.162. The minimum atomic E-state index is 0.713. The van der Waals surface area contributed by atoms with Crippen molar-refractivity contribution in [3.05, 3.63) is 36.5 Å². The Hall–Kier alpha value is -0.780. The maximum Gasteiger partial charge on any atom is -0.0157 e. The van der Waals surface area contributed by atoms with Crippen molar-refractivity contribution in [2.24, 2.45) is 11.3 Å². The van der Waals surface area contributed by atoms with E-state index in [2.05, 4.69) is 31.7 Å². The molecule has 0 aromatic heterocycles. The monoisotopic (exact) mass is 230 g/mol. The molecule has 2 aliphatic carbocycles. The van der Waals surface area contributed by atoms with Gasteiger partial charge in [-0.3, -0.25) is 0 Å². The van der Waals surface area contributed by atoms with E-state index in [9.17, 15) is 0 Å². The van der Waals surface area contributed by atoms with Crippen molar-refractivity contribution in [3.8, 4) is 0 Å². The third kappa shape index (κ3) is 2.91. The Morgan fingerprint density at radius 1 is 1.18 bits per heavy atom. The molecule has 0 amide bonds. The van der Waals surface area contributed by atoms with Crippen LogP contribution in [0.3, 0.4) is 0 Å². The van der Waals surface area contributed by atoms with Gasteiger partial charge in [-0.05, 0) is 55.9 Å². The molecule has 1 atom stereocenters. The molecule has 0 aromatic rings. The fourth-order valence-electron chi connectivity index (χ4n) is 3.97. The first-order valence-corrected chi connectivity index (χ1v) is 7.25. The fourth-order valence-corrected chi connectivity index (χ4v) is 3.97. The Labute approximate surface area is 106 Å². The molecular formula is C17H26. The normalized spacial score (nSPS) is 29.0. The summed E-state index contributed by atoms with van der Waals surface area (Å²) in [6, 6.07) is 0. The molecule has 2 saturated carbocycles. The Morgan fingerprint density at radius 3 is 2.53 bits per heavy atom. The Morgan fingerprint density at radius 2 is 1.88 bits per heavy atom. The van der Waals surface area contributed by atoms with Crippen molar-refractivity contribution in [3.63, 3.8) is 0 Å². The standard InChI is InChI=1S/C17H26/c1-3-8-15(9-4-2)16-10-7-13-17(14-16)11-5-6-12-17/h3-4,8-9,16H,1,5-7,10-14H2,2H3/b9-4-,15-8+. The van der Waals surface area contributed by atoms with Crippen LogP contribution in [-0.4, -0.2) is 0 Å². The summed E-state index contributed by atoms with van der Waals surface area (Å²) in [5.74, 6) is 0.788. The predicted octanol–water partition coefficient (Wildman–Crippen LogP) is 5.43. The van der Waals surface area contributed by atoms with Gasteiger partial charge in [0.05, 0.1) is 0 Å². The van der Waals surface area contributed by atoms with E-state index in [4.69, 9.17) is 0 Å². The van der Waals surface area contributed by atoms with E-state index >= 15 is 0 Å². The summed E-state index contributed by atoms with van der Waals surface area (Å²) in [5, 5.41) is 0. The summed E-state index contributed by atoms with van der Waals surface area (Å²) in [5.41, 5.74) is 2.22. The zero-order valence-corrected chi connectivity index (χ0v) is 11.3. The lowest BCUT2D eigenvalue weighted by atomic mass is 9.66. The molecule has 2 fully saturated rings. The highest BCUT2D eigenvalue weighted by atomic mass is 14.4. The second kappa shape index (κ2) is 5.71. The Kier molecular flexibility index (Phi) is 4.25. The molecule has 0 N–H and O–H groups in total. The summed E-state index contributed by atoms with van der Waals surface area (Å²) in [6.07, 6.45) is 20.3. The highest BCUT2D eigenvalue weighted by Crippen LogP contribution is 2.52. The van der Waals surface area contributed by atoms with Crippen LogP contribution in [0.1, 0.15) is 58.3 Å². The molecule has 0 aromatic carbocycles. The van der Waals surface area contributed by atoms with Crippen molar-refractivity contribution >= 4 is 0 Å². The summed E-state index contributed by atoms with van der Waals surface area (Å²) in [4.78, 5) is 0. The molecular weight excluding hydrogens is 204 g/mol. The first-order chi connectivity index (χ1) is 8.29. The summed E-state index contributed by atoms with van der Waals surface area (Å²) in [6.45, 7) is 5.97. The zero-order valence-electron chi connectivity index (χ0n) is 11.3. The summed E-state index contributed by atoms with van der Waals surface area (Å²) in [7, 11) is 0. The maximum absolute atomic E-state index is 3.86.